The Morgan fingerprint density at radius 1 is 1.45 bits per heavy atom. The van der Waals surface area contributed by atoms with E-state index in [1.54, 1.807) is 11.0 Å². The van der Waals surface area contributed by atoms with Crippen LogP contribution in [0.4, 0.5) is 5.69 Å². The summed E-state index contributed by atoms with van der Waals surface area (Å²) in [5.41, 5.74) is 5.72. The molecule has 1 aromatic rings. The summed E-state index contributed by atoms with van der Waals surface area (Å²) in [5, 5.41) is 10.6. The van der Waals surface area contributed by atoms with E-state index in [4.69, 9.17) is 10.5 Å². The highest BCUT2D eigenvalue weighted by atomic mass is 16.6. The van der Waals surface area contributed by atoms with Gasteiger partial charge in [-0.1, -0.05) is 6.07 Å². The predicted molar refractivity (Wildman–Crippen MR) is 72.4 cm³/mol. The molecule has 7 nitrogen and oxygen atoms in total. The normalized spacial score (nSPS) is 15.9. The van der Waals surface area contributed by atoms with Crippen LogP contribution in [0.15, 0.2) is 24.3 Å². The van der Waals surface area contributed by atoms with Gasteiger partial charge in [-0.15, -0.1) is 0 Å². The molecular formula is C13H17N3O4. The van der Waals surface area contributed by atoms with Crippen molar-refractivity contribution in [2.24, 2.45) is 5.73 Å². The standard InChI is InChI=1S/C13H17N3O4/c14-10-4-6-15(7-5-10)13(17)9-20-12-3-1-2-11(8-12)16(18)19/h1-3,8,10H,4-7,9,14H2. The number of ether oxygens (including phenoxy) is 1. The lowest BCUT2D eigenvalue weighted by molar-refractivity contribution is -0.384. The van der Waals surface area contributed by atoms with Crippen LogP contribution in [0.3, 0.4) is 0 Å². The van der Waals surface area contributed by atoms with Gasteiger partial charge in [0.2, 0.25) is 0 Å². The smallest absolute Gasteiger partial charge is 0.273 e. The van der Waals surface area contributed by atoms with Crippen LogP contribution in [0, 0.1) is 10.1 Å². The Labute approximate surface area is 116 Å². The molecule has 1 fully saturated rings. The first-order valence-electron chi connectivity index (χ1n) is 6.47. The van der Waals surface area contributed by atoms with Gasteiger partial charge in [0.25, 0.3) is 11.6 Å². The largest absolute Gasteiger partial charge is 0.484 e. The van der Waals surface area contributed by atoms with Gasteiger partial charge in [0.1, 0.15) is 5.75 Å². The number of piperidine rings is 1. The molecule has 0 unspecified atom stereocenters. The molecule has 0 atom stereocenters. The SMILES string of the molecule is NC1CCN(C(=O)COc2cccc([N+](=O)[O-])c2)CC1. The van der Waals surface area contributed by atoms with E-state index in [1.165, 1.54) is 18.2 Å². The second-order valence-corrected chi connectivity index (χ2v) is 4.76. The molecule has 0 aromatic heterocycles. The van der Waals surface area contributed by atoms with Crippen LogP contribution in [0.25, 0.3) is 0 Å². The maximum atomic E-state index is 11.9. The fraction of sp³-hybridized carbons (Fsp3) is 0.462. The Hall–Kier alpha value is -2.15. The van der Waals surface area contributed by atoms with Crippen molar-refractivity contribution in [1.29, 1.82) is 0 Å². The van der Waals surface area contributed by atoms with Crippen molar-refractivity contribution in [2.45, 2.75) is 18.9 Å². The highest BCUT2D eigenvalue weighted by molar-refractivity contribution is 5.77. The summed E-state index contributed by atoms with van der Waals surface area (Å²) in [5.74, 6) is 0.199. The van der Waals surface area contributed by atoms with Crippen molar-refractivity contribution in [2.75, 3.05) is 19.7 Å². The molecule has 0 radical (unpaired) electrons. The van der Waals surface area contributed by atoms with Crippen LogP contribution in [-0.2, 0) is 4.79 Å². The highest BCUT2D eigenvalue weighted by Crippen LogP contribution is 2.19. The zero-order chi connectivity index (χ0) is 14.5. The molecule has 1 heterocycles. The minimum absolute atomic E-state index is 0.0566. The summed E-state index contributed by atoms with van der Waals surface area (Å²) in [6, 6.07) is 5.96. The lowest BCUT2D eigenvalue weighted by atomic mass is 10.1. The topological polar surface area (TPSA) is 98.7 Å². The van der Waals surface area contributed by atoms with E-state index in [0.717, 1.165) is 12.8 Å². The van der Waals surface area contributed by atoms with Gasteiger partial charge in [0.05, 0.1) is 11.0 Å². The zero-order valence-corrected chi connectivity index (χ0v) is 11.0. The second kappa shape index (κ2) is 6.33. The van der Waals surface area contributed by atoms with Gasteiger partial charge in [-0.05, 0) is 18.9 Å². The minimum Gasteiger partial charge on any atom is -0.484 e. The number of likely N-dealkylation sites (tertiary alicyclic amines) is 1. The van der Waals surface area contributed by atoms with Gasteiger partial charge in [-0.3, -0.25) is 14.9 Å². The third kappa shape index (κ3) is 3.67. The van der Waals surface area contributed by atoms with Gasteiger partial charge in [-0.2, -0.15) is 0 Å². The molecule has 1 aliphatic rings. The molecule has 0 spiro atoms. The molecule has 1 aromatic carbocycles. The third-order valence-electron chi connectivity index (χ3n) is 3.28. The first-order valence-corrected chi connectivity index (χ1v) is 6.47. The predicted octanol–water partition coefficient (Wildman–Crippen LogP) is 0.923. The Kier molecular flexibility index (Phi) is 4.52. The molecule has 20 heavy (non-hydrogen) atoms. The summed E-state index contributed by atoms with van der Waals surface area (Å²) < 4.78 is 5.31. The number of hydrogen-bond donors (Lipinski definition) is 1. The zero-order valence-electron chi connectivity index (χ0n) is 11.0. The van der Waals surface area contributed by atoms with Crippen LogP contribution < -0.4 is 10.5 Å². The van der Waals surface area contributed by atoms with Crippen LogP contribution >= 0.6 is 0 Å². The van der Waals surface area contributed by atoms with Crippen molar-refractivity contribution < 1.29 is 14.5 Å². The number of rotatable bonds is 4. The van der Waals surface area contributed by atoms with Gasteiger partial charge < -0.3 is 15.4 Å². The van der Waals surface area contributed by atoms with Crippen LogP contribution in [0.2, 0.25) is 0 Å². The number of benzene rings is 1. The molecule has 0 bridgehead atoms. The van der Waals surface area contributed by atoms with Gasteiger partial charge in [-0.25, -0.2) is 0 Å². The molecule has 1 amide bonds. The van der Waals surface area contributed by atoms with E-state index in [1.807, 2.05) is 0 Å². The first kappa shape index (κ1) is 14.3. The Morgan fingerprint density at radius 3 is 2.80 bits per heavy atom. The van der Waals surface area contributed by atoms with E-state index in [-0.39, 0.29) is 24.2 Å². The van der Waals surface area contributed by atoms with E-state index in [0.29, 0.717) is 18.8 Å². The fourth-order valence-electron chi connectivity index (χ4n) is 2.07. The average molecular weight is 279 g/mol. The summed E-state index contributed by atoms with van der Waals surface area (Å²) in [4.78, 5) is 23.8. The summed E-state index contributed by atoms with van der Waals surface area (Å²) in [7, 11) is 0. The molecule has 1 saturated heterocycles. The lowest BCUT2D eigenvalue weighted by Crippen LogP contribution is -2.44. The number of non-ortho nitro benzene ring substituents is 1. The van der Waals surface area contributed by atoms with Gasteiger partial charge in [0, 0.05) is 25.2 Å². The maximum absolute atomic E-state index is 11.9. The summed E-state index contributed by atoms with van der Waals surface area (Å²) in [6.45, 7) is 1.16. The van der Waals surface area contributed by atoms with Crippen LogP contribution in [0.1, 0.15) is 12.8 Å². The Bertz CT molecular complexity index is 498. The van der Waals surface area contributed by atoms with E-state index in [9.17, 15) is 14.9 Å². The third-order valence-corrected chi connectivity index (χ3v) is 3.28. The molecule has 0 saturated carbocycles. The van der Waals surface area contributed by atoms with Crippen molar-refractivity contribution in [3.05, 3.63) is 34.4 Å². The number of amides is 1. The summed E-state index contributed by atoms with van der Waals surface area (Å²) in [6.07, 6.45) is 1.59. The first-order chi connectivity index (χ1) is 9.56. The van der Waals surface area contributed by atoms with Crippen LogP contribution in [0.5, 0.6) is 5.75 Å². The van der Waals surface area contributed by atoms with Crippen molar-refractivity contribution in [1.82, 2.24) is 4.90 Å². The summed E-state index contributed by atoms with van der Waals surface area (Å²) >= 11 is 0. The van der Waals surface area contributed by atoms with E-state index >= 15 is 0 Å². The van der Waals surface area contributed by atoms with Crippen molar-refractivity contribution in [3.63, 3.8) is 0 Å². The molecule has 7 heteroatoms. The second-order valence-electron chi connectivity index (χ2n) is 4.76. The molecular weight excluding hydrogens is 262 g/mol. The lowest BCUT2D eigenvalue weighted by Gasteiger charge is -2.30. The monoisotopic (exact) mass is 279 g/mol. The average Bonchev–Trinajstić information content (AvgIpc) is 2.46. The van der Waals surface area contributed by atoms with Crippen molar-refractivity contribution in [3.8, 4) is 5.75 Å². The quantitative estimate of drug-likeness (QED) is 0.652. The Balaban J connectivity index is 1.87. The number of nitro benzene ring substituents is 1. The number of nitrogens with two attached hydrogens (primary N) is 1. The molecule has 2 N–H and O–H groups in total. The maximum Gasteiger partial charge on any atom is 0.273 e. The molecule has 108 valence electrons. The highest BCUT2D eigenvalue weighted by Gasteiger charge is 2.20. The number of hydrogen-bond acceptors (Lipinski definition) is 5. The number of nitro groups is 1. The minimum atomic E-state index is -0.499. The molecule has 2 rings (SSSR count). The van der Waals surface area contributed by atoms with E-state index in [2.05, 4.69) is 0 Å². The molecule has 1 aliphatic heterocycles. The van der Waals surface area contributed by atoms with Gasteiger partial charge in [0.15, 0.2) is 6.61 Å². The van der Waals surface area contributed by atoms with Crippen molar-refractivity contribution >= 4 is 11.6 Å². The number of carbonyl (C=O) groups excluding carboxylic acids is 1. The molecule has 0 aliphatic carbocycles. The Morgan fingerprint density at radius 2 is 2.15 bits per heavy atom. The fourth-order valence-corrected chi connectivity index (χ4v) is 2.07. The number of nitrogens with zero attached hydrogens (tertiary/aromatic N) is 2. The van der Waals surface area contributed by atoms with Gasteiger partial charge >= 0.3 is 0 Å². The van der Waals surface area contributed by atoms with Crippen LogP contribution in [-0.4, -0.2) is 41.5 Å². The number of carbonyl (C=O) groups is 1. The van der Waals surface area contributed by atoms with E-state index < -0.39 is 4.92 Å².